The van der Waals surface area contributed by atoms with E-state index in [-0.39, 0.29) is 11.3 Å². The van der Waals surface area contributed by atoms with Crippen molar-refractivity contribution in [3.05, 3.63) is 64.1 Å². The molecule has 2 aromatic rings. The summed E-state index contributed by atoms with van der Waals surface area (Å²) < 4.78 is 1.04. The predicted octanol–water partition coefficient (Wildman–Crippen LogP) is 3.32. The van der Waals surface area contributed by atoms with E-state index in [0.29, 0.717) is 18.7 Å². The number of carbonyl (C=O) groups excluding carboxylic acids is 2. The molecule has 0 aromatic heterocycles. The van der Waals surface area contributed by atoms with E-state index in [4.69, 9.17) is 5.73 Å². The van der Waals surface area contributed by atoms with Gasteiger partial charge in [0.1, 0.15) is 0 Å². The average Bonchev–Trinajstić information content (AvgIpc) is 2.69. The fourth-order valence-electron chi connectivity index (χ4n) is 4.23. The maximum Gasteiger partial charge on any atom is 0.248 e. The van der Waals surface area contributed by atoms with Gasteiger partial charge in [0.05, 0.1) is 5.41 Å². The third-order valence-corrected chi connectivity index (χ3v) is 6.63. The summed E-state index contributed by atoms with van der Waals surface area (Å²) in [6.07, 6.45) is 2.97. The van der Waals surface area contributed by atoms with Crippen molar-refractivity contribution in [2.75, 3.05) is 31.1 Å². The van der Waals surface area contributed by atoms with Crippen molar-refractivity contribution in [2.24, 2.45) is 5.73 Å². The largest absolute Gasteiger partial charge is 0.368 e. The molecule has 1 saturated heterocycles. The van der Waals surface area contributed by atoms with E-state index < -0.39 is 5.91 Å². The zero-order valence-electron chi connectivity index (χ0n) is 15.7. The number of carbonyl (C=O) groups is 2. The fraction of sp³-hybridized carbons (Fsp3) is 0.364. The van der Waals surface area contributed by atoms with Crippen LogP contribution in [0.5, 0.6) is 0 Å². The molecule has 146 valence electrons. The Morgan fingerprint density at radius 2 is 1.50 bits per heavy atom. The first-order chi connectivity index (χ1) is 13.5. The standard InChI is InChI=1S/C22H24BrN3O2/c23-18-6-4-17(5-7-18)22(10-1-11-22)21(28)26-14-12-25(13-15-26)19-8-2-16(3-9-19)20(24)27/h2-9H,1,10-15H2,(H2,24,27). The lowest BCUT2D eigenvalue weighted by Gasteiger charge is -2.46. The molecule has 1 aliphatic heterocycles. The first kappa shape index (κ1) is 19.0. The van der Waals surface area contributed by atoms with Crippen LogP contribution in [0.1, 0.15) is 35.2 Å². The maximum atomic E-state index is 13.4. The maximum absolute atomic E-state index is 13.4. The number of primary amides is 1. The number of nitrogens with two attached hydrogens (primary N) is 1. The van der Waals surface area contributed by atoms with Crippen molar-refractivity contribution in [3.63, 3.8) is 0 Å². The molecule has 1 aliphatic carbocycles. The topological polar surface area (TPSA) is 66.6 Å². The SMILES string of the molecule is NC(=O)c1ccc(N2CCN(C(=O)C3(c4ccc(Br)cc4)CCC3)CC2)cc1. The van der Waals surface area contributed by atoms with Crippen LogP contribution in [0.4, 0.5) is 5.69 Å². The summed E-state index contributed by atoms with van der Waals surface area (Å²) in [5.74, 6) is -0.148. The summed E-state index contributed by atoms with van der Waals surface area (Å²) in [4.78, 5) is 28.9. The lowest BCUT2D eigenvalue weighted by Crippen LogP contribution is -2.56. The Kier molecular flexibility index (Phi) is 5.15. The van der Waals surface area contributed by atoms with Crippen molar-refractivity contribution in [3.8, 4) is 0 Å². The molecule has 1 saturated carbocycles. The minimum Gasteiger partial charge on any atom is -0.368 e. The van der Waals surface area contributed by atoms with Gasteiger partial charge in [-0.3, -0.25) is 9.59 Å². The van der Waals surface area contributed by atoms with Crippen molar-refractivity contribution in [2.45, 2.75) is 24.7 Å². The fourth-order valence-corrected chi connectivity index (χ4v) is 4.50. The van der Waals surface area contributed by atoms with E-state index >= 15 is 0 Å². The number of piperazine rings is 1. The first-order valence-electron chi connectivity index (χ1n) is 9.70. The molecule has 2 fully saturated rings. The van der Waals surface area contributed by atoms with Crippen LogP contribution in [0, 0.1) is 0 Å². The van der Waals surface area contributed by atoms with Crippen LogP contribution in [-0.4, -0.2) is 42.9 Å². The first-order valence-corrected chi connectivity index (χ1v) is 10.5. The number of hydrogen-bond acceptors (Lipinski definition) is 3. The zero-order valence-corrected chi connectivity index (χ0v) is 17.3. The molecule has 0 radical (unpaired) electrons. The molecular formula is C22H24BrN3O2. The van der Waals surface area contributed by atoms with E-state index in [1.807, 2.05) is 29.2 Å². The van der Waals surface area contributed by atoms with Crippen LogP contribution in [-0.2, 0) is 10.2 Å². The minimum absolute atomic E-state index is 0.268. The van der Waals surface area contributed by atoms with Crippen LogP contribution in [0.3, 0.4) is 0 Å². The Hall–Kier alpha value is -2.34. The minimum atomic E-state index is -0.416. The lowest BCUT2D eigenvalue weighted by atomic mass is 9.63. The Bertz CT molecular complexity index is 868. The number of amides is 2. The van der Waals surface area contributed by atoms with Gasteiger partial charge in [0, 0.05) is 41.9 Å². The monoisotopic (exact) mass is 441 g/mol. The highest BCUT2D eigenvalue weighted by molar-refractivity contribution is 9.10. The second-order valence-corrected chi connectivity index (χ2v) is 8.55. The molecule has 2 N–H and O–H groups in total. The van der Waals surface area contributed by atoms with Gasteiger partial charge in [-0.05, 0) is 54.8 Å². The van der Waals surface area contributed by atoms with E-state index in [0.717, 1.165) is 48.1 Å². The molecule has 4 rings (SSSR count). The third-order valence-electron chi connectivity index (χ3n) is 6.10. The summed E-state index contributed by atoms with van der Waals surface area (Å²) in [6, 6.07) is 15.6. The molecule has 5 nitrogen and oxygen atoms in total. The van der Waals surface area contributed by atoms with E-state index in [1.54, 1.807) is 12.1 Å². The van der Waals surface area contributed by atoms with Crippen LogP contribution in [0.25, 0.3) is 0 Å². The number of halogens is 1. The highest BCUT2D eigenvalue weighted by Gasteiger charge is 2.47. The van der Waals surface area contributed by atoms with Gasteiger partial charge in [0.25, 0.3) is 0 Å². The Labute approximate surface area is 173 Å². The second-order valence-electron chi connectivity index (χ2n) is 7.63. The van der Waals surface area contributed by atoms with Crippen molar-refractivity contribution < 1.29 is 9.59 Å². The predicted molar refractivity (Wildman–Crippen MR) is 113 cm³/mol. The Balaban J connectivity index is 1.43. The Morgan fingerprint density at radius 3 is 2.00 bits per heavy atom. The quantitative estimate of drug-likeness (QED) is 0.790. The number of rotatable bonds is 4. The van der Waals surface area contributed by atoms with Crippen molar-refractivity contribution in [1.29, 1.82) is 0 Å². The smallest absolute Gasteiger partial charge is 0.248 e. The van der Waals surface area contributed by atoms with Crippen LogP contribution < -0.4 is 10.6 Å². The third kappa shape index (κ3) is 3.41. The van der Waals surface area contributed by atoms with Gasteiger partial charge in [-0.1, -0.05) is 34.5 Å². The molecule has 28 heavy (non-hydrogen) atoms. The summed E-state index contributed by atoms with van der Waals surface area (Å²) in [5, 5.41) is 0. The van der Waals surface area contributed by atoms with Crippen LogP contribution in [0.15, 0.2) is 53.0 Å². The summed E-state index contributed by atoms with van der Waals surface area (Å²) in [5.41, 5.74) is 7.68. The van der Waals surface area contributed by atoms with Crippen molar-refractivity contribution >= 4 is 33.4 Å². The summed E-state index contributed by atoms with van der Waals surface area (Å²) >= 11 is 3.48. The van der Waals surface area contributed by atoms with Gasteiger partial charge >= 0.3 is 0 Å². The molecule has 6 heteroatoms. The number of benzene rings is 2. The second kappa shape index (κ2) is 7.59. The Morgan fingerprint density at radius 1 is 0.893 bits per heavy atom. The van der Waals surface area contributed by atoms with Gasteiger partial charge in [0.15, 0.2) is 0 Å². The highest BCUT2D eigenvalue weighted by atomic mass is 79.9. The van der Waals surface area contributed by atoms with Crippen LogP contribution in [0.2, 0.25) is 0 Å². The molecule has 1 heterocycles. The summed E-state index contributed by atoms with van der Waals surface area (Å²) in [6.45, 7) is 3.01. The molecule has 2 amide bonds. The molecular weight excluding hydrogens is 418 g/mol. The average molecular weight is 442 g/mol. The molecule has 2 aromatic carbocycles. The highest BCUT2D eigenvalue weighted by Crippen LogP contribution is 2.45. The van der Waals surface area contributed by atoms with E-state index in [1.165, 1.54) is 0 Å². The summed E-state index contributed by atoms with van der Waals surface area (Å²) in [7, 11) is 0. The van der Waals surface area contributed by atoms with E-state index in [2.05, 4.69) is 33.0 Å². The molecule has 0 bridgehead atoms. The van der Waals surface area contributed by atoms with Gasteiger partial charge < -0.3 is 15.5 Å². The number of nitrogens with zero attached hydrogens (tertiary/aromatic N) is 2. The molecule has 0 atom stereocenters. The molecule has 2 aliphatic rings. The van der Waals surface area contributed by atoms with Gasteiger partial charge in [-0.25, -0.2) is 0 Å². The number of hydrogen-bond donors (Lipinski definition) is 1. The van der Waals surface area contributed by atoms with E-state index in [9.17, 15) is 9.59 Å². The van der Waals surface area contributed by atoms with Crippen LogP contribution >= 0.6 is 15.9 Å². The van der Waals surface area contributed by atoms with Crippen molar-refractivity contribution in [1.82, 2.24) is 4.90 Å². The normalized spacial score (nSPS) is 18.5. The zero-order chi connectivity index (χ0) is 19.7. The van der Waals surface area contributed by atoms with Gasteiger partial charge in [-0.15, -0.1) is 0 Å². The number of anilines is 1. The van der Waals surface area contributed by atoms with Gasteiger partial charge in [0.2, 0.25) is 11.8 Å². The van der Waals surface area contributed by atoms with Gasteiger partial charge in [-0.2, -0.15) is 0 Å². The lowest BCUT2D eigenvalue weighted by molar-refractivity contribution is -0.141. The molecule has 0 unspecified atom stereocenters. The molecule has 0 spiro atoms.